The lowest BCUT2D eigenvalue weighted by Crippen LogP contribution is -2.30. The van der Waals surface area contributed by atoms with E-state index in [1.807, 2.05) is 60.8 Å². The van der Waals surface area contributed by atoms with Crippen molar-refractivity contribution in [3.05, 3.63) is 134 Å². The van der Waals surface area contributed by atoms with Crippen LogP contribution >= 0.6 is 0 Å². The third-order valence-corrected chi connectivity index (χ3v) is 10.6. The monoisotopic (exact) mass is 911 g/mol. The molecule has 0 aromatic heterocycles. The number of hydrogen-bond acceptors (Lipinski definition) is 6. The van der Waals surface area contributed by atoms with Crippen LogP contribution in [0.25, 0.3) is 0 Å². The summed E-state index contributed by atoms with van der Waals surface area (Å²) in [6.07, 6.45) is 74.3. The van der Waals surface area contributed by atoms with Gasteiger partial charge in [0.25, 0.3) is 0 Å². The second-order valence-corrected chi connectivity index (χ2v) is 16.8. The van der Waals surface area contributed by atoms with Gasteiger partial charge in [0.05, 0.1) is 0 Å². The SMILES string of the molecule is CC\C=C/C=C\C=C/C=C\C=C\C=C/CCCCCC(=O)OC(COC(=O)CCCCC/C=C\C/C=C\C/C=C\C/C=C\C/C=C\CC)COC(=O)CCCCCCCCCCCCCC. The van der Waals surface area contributed by atoms with Crippen molar-refractivity contribution < 1.29 is 28.6 Å². The van der Waals surface area contributed by atoms with E-state index in [4.69, 9.17) is 14.2 Å². The van der Waals surface area contributed by atoms with Gasteiger partial charge in [-0.3, -0.25) is 14.4 Å². The molecule has 0 heterocycles. The van der Waals surface area contributed by atoms with Crippen LogP contribution in [0.1, 0.15) is 207 Å². The third kappa shape index (κ3) is 50.5. The van der Waals surface area contributed by atoms with Crippen LogP contribution in [0.3, 0.4) is 0 Å². The number of carbonyl (C=O) groups is 3. The average Bonchev–Trinajstić information content (AvgIpc) is 3.31. The van der Waals surface area contributed by atoms with Gasteiger partial charge < -0.3 is 14.2 Å². The van der Waals surface area contributed by atoms with Gasteiger partial charge in [-0.25, -0.2) is 0 Å². The van der Waals surface area contributed by atoms with Gasteiger partial charge in [0.2, 0.25) is 0 Å². The lowest BCUT2D eigenvalue weighted by Gasteiger charge is -2.18. The number of carbonyl (C=O) groups excluding carboxylic acids is 3. The molecular formula is C60H94O6. The van der Waals surface area contributed by atoms with Crippen LogP contribution < -0.4 is 0 Å². The first kappa shape index (κ1) is 61.5. The molecule has 6 nitrogen and oxygen atoms in total. The van der Waals surface area contributed by atoms with Crippen LogP contribution in [0.2, 0.25) is 0 Å². The Morgan fingerprint density at radius 1 is 0.333 bits per heavy atom. The highest BCUT2D eigenvalue weighted by molar-refractivity contribution is 5.71. The molecule has 0 rings (SSSR count). The molecule has 0 aliphatic rings. The molecule has 0 bridgehead atoms. The van der Waals surface area contributed by atoms with E-state index in [-0.39, 0.29) is 37.5 Å². The first-order valence-corrected chi connectivity index (χ1v) is 26.3. The van der Waals surface area contributed by atoms with E-state index in [1.165, 1.54) is 57.8 Å². The molecular weight excluding hydrogens is 817 g/mol. The fourth-order valence-electron chi connectivity index (χ4n) is 6.68. The van der Waals surface area contributed by atoms with Crippen molar-refractivity contribution in [3.8, 4) is 0 Å². The molecule has 1 unspecified atom stereocenters. The van der Waals surface area contributed by atoms with Crippen LogP contribution in [-0.4, -0.2) is 37.2 Å². The van der Waals surface area contributed by atoms with Crippen molar-refractivity contribution in [1.29, 1.82) is 0 Å². The van der Waals surface area contributed by atoms with Crippen molar-refractivity contribution in [2.75, 3.05) is 13.2 Å². The van der Waals surface area contributed by atoms with E-state index >= 15 is 0 Å². The highest BCUT2D eigenvalue weighted by Gasteiger charge is 2.19. The van der Waals surface area contributed by atoms with Gasteiger partial charge in [-0.15, -0.1) is 0 Å². The van der Waals surface area contributed by atoms with E-state index in [1.54, 1.807) is 0 Å². The standard InChI is InChI=1S/C60H94O6/c1-4-7-10-13-16-19-22-25-27-29-30-32-33-35-38-41-44-47-50-53-59(62)65-56-57(55-64-58(61)52-49-46-43-40-37-24-21-18-15-12-9-6-3)66-60(63)54-51-48-45-42-39-36-34-31-28-26-23-20-17-14-11-8-5-2/h7-8,10-11,14,16-17,19-20,23,25-28,30-32,34-36,38-39,57H,4-6,9,12-13,15,18,21-22,24,29,33,37,40-56H2,1-3H3/b10-7-,11-8-,17-14-,19-16-,23-20-,27-25-,28-26-,32-30-,34-31+,38-35-,39-36-. The van der Waals surface area contributed by atoms with E-state index in [9.17, 15) is 14.4 Å². The van der Waals surface area contributed by atoms with Crippen molar-refractivity contribution in [2.24, 2.45) is 0 Å². The maximum atomic E-state index is 12.8. The Bertz CT molecular complexity index is 1460. The zero-order chi connectivity index (χ0) is 47.9. The Balaban J connectivity index is 4.56. The molecule has 0 radical (unpaired) electrons. The minimum Gasteiger partial charge on any atom is -0.462 e. The molecule has 0 N–H and O–H groups in total. The van der Waals surface area contributed by atoms with Gasteiger partial charge in [0.1, 0.15) is 13.2 Å². The first-order valence-electron chi connectivity index (χ1n) is 26.3. The Labute approximate surface area is 405 Å². The topological polar surface area (TPSA) is 78.9 Å². The number of ether oxygens (including phenoxy) is 3. The summed E-state index contributed by atoms with van der Waals surface area (Å²) < 4.78 is 16.7. The maximum absolute atomic E-state index is 12.8. The third-order valence-electron chi connectivity index (χ3n) is 10.6. The van der Waals surface area contributed by atoms with Gasteiger partial charge >= 0.3 is 17.9 Å². The smallest absolute Gasteiger partial charge is 0.306 e. The van der Waals surface area contributed by atoms with E-state index in [0.717, 1.165) is 103 Å². The Kier molecular flexibility index (Phi) is 49.6. The summed E-state index contributed by atoms with van der Waals surface area (Å²) >= 11 is 0. The second kappa shape index (κ2) is 53.2. The summed E-state index contributed by atoms with van der Waals surface area (Å²) in [6.45, 7) is 6.29. The maximum Gasteiger partial charge on any atom is 0.306 e. The molecule has 0 aromatic rings. The molecule has 0 aliphatic carbocycles. The summed E-state index contributed by atoms with van der Waals surface area (Å²) in [5, 5.41) is 0. The summed E-state index contributed by atoms with van der Waals surface area (Å²) in [7, 11) is 0. The van der Waals surface area contributed by atoms with E-state index in [0.29, 0.717) is 19.3 Å². The highest BCUT2D eigenvalue weighted by Crippen LogP contribution is 2.14. The van der Waals surface area contributed by atoms with Gasteiger partial charge in [0, 0.05) is 19.3 Å². The lowest BCUT2D eigenvalue weighted by molar-refractivity contribution is -0.167. The summed E-state index contributed by atoms with van der Waals surface area (Å²) in [4.78, 5) is 38.0. The molecule has 370 valence electrons. The van der Waals surface area contributed by atoms with Crippen molar-refractivity contribution >= 4 is 17.9 Å². The Morgan fingerprint density at radius 2 is 0.667 bits per heavy atom. The van der Waals surface area contributed by atoms with Crippen LogP contribution in [-0.2, 0) is 28.6 Å². The minimum atomic E-state index is -0.818. The second-order valence-electron chi connectivity index (χ2n) is 16.8. The quantitative estimate of drug-likeness (QED) is 0.0199. The Hall–Kier alpha value is -4.45. The molecule has 0 fully saturated rings. The number of allylic oxidation sites excluding steroid dienone is 22. The van der Waals surface area contributed by atoms with Gasteiger partial charge in [-0.1, -0.05) is 238 Å². The highest BCUT2D eigenvalue weighted by atomic mass is 16.6. The molecule has 0 saturated carbocycles. The van der Waals surface area contributed by atoms with E-state index < -0.39 is 6.10 Å². The molecule has 0 aliphatic heterocycles. The molecule has 1 atom stereocenters. The van der Waals surface area contributed by atoms with Gasteiger partial charge in [-0.2, -0.15) is 0 Å². The molecule has 0 aromatic carbocycles. The first-order chi connectivity index (χ1) is 32.5. The molecule has 0 saturated heterocycles. The van der Waals surface area contributed by atoms with Crippen LogP contribution in [0, 0.1) is 0 Å². The number of hydrogen-bond donors (Lipinski definition) is 0. The fourth-order valence-corrected chi connectivity index (χ4v) is 6.68. The van der Waals surface area contributed by atoms with Crippen LogP contribution in [0.5, 0.6) is 0 Å². The van der Waals surface area contributed by atoms with Gasteiger partial charge in [0.15, 0.2) is 6.10 Å². The zero-order valence-electron chi connectivity index (χ0n) is 42.1. The lowest BCUT2D eigenvalue weighted by atomic mass is 10.0. The summed E-state index contributed by atoms with van der Waals surface area (Å²) in [5.74, 6) is -0.996. The number of unbranched alkanes of at least 4 members (excludes halogenated alkanes) is 17. The summed E-state index contributed by atoms with van der Waals surface area (Å²) in [5.41, 5.74) is 0. The number of rotatable bonds is 45. The normalized spacial score (nSPS) is 13.2. The van der Waals surface area contributed by atoms with Crippen molar-refractivity contribution in [1.82, 2.24) is 0 Å². The van der Waals surface area contributed by atoms with Crippen molar-refractivity contribution in [2.45, 2.75) is 213 Å². The molecule has 66 heavy (non-hydrogen) atoms. The predicted octanol–water partition coefficient (Wildman–Crippen LogP) is 17.5. The Morgan fingerprint density at radius 3 is 1.11 bits per heavy atom. The minimum absolute atomic E-state index is 0.110. The average molecular weight is 911 g/mol. The zero-order valence-corrected chi connectivity index (χ0v) is 42.1. The molecule has 0 spiro atoms. The summed E-state index contributed by atoms with van der Waals surface area (Å²) in [6, 6.07) is 0. The van der Waals surface area contributed by atoms with Crippen LogP contribution in [0.15, 0.2) is 134 Å². The van der Waals surface area contributed by atoms with E-state index in [2.05, 4.69) is 93.7 Å². The number of esters is 3. The predicted molar refractivity (Wildman–Crippen MR) is 283 cm³/mol. The fraction of sp³-hybridized carbons (Fsp3) is 0.583. The molecule has 6 heteroatoms. The molecule has 0 amide bonds. The van der Waals surface area contributed by atoms with Crippen LogP contribution in [0.4, 0.5) is 0 Å². The van der Waals surface area contributed by atoms with Gasteiger partial charge in [-0.05, 0) is 83.5 Å². The van der Waals surface area contributed by atoms with Crippen molar-refractivity contribution in [3.63, 3.8) is 0 Å². The largest absolute Gasteiger partial charge is 0.462 e.